The van der Waals surface area contributed by atoms with E-state index in [1.807, 2.05) is 0 Å². The minimum atomic E-state index is 0.548. The van der Waals surface area contributed by atoms with E-state index in [0.29, 0.717) is 10.8 Å². The average molecular weight is 248 g/mol. The number of unbranched alkanes of at least 4 members (excludes halogenated alkanes) is 1. The quantitative estimate of drug-likeness (QED) is 0.539. The van der Waals surface area contributed by atoms with Crippen LogP contribution in [0.1, 0.15) is 79.1 Å². The van der Waals surface area contributed by atoms with Crippen LogP contribution in [0.15, 0.2) is 12.2 Å². The van der Waals surface area contributed by atoms with E-state index in [4.69, 9.17) is 0 Å². The molecule has 0 amide bonds. The SMILES string of the molecule is C=C1CCC2C(C)(C)CCC[C@]2(C)[C@@H]1CCCC. The van der Waals surface area contributed by atoms with Gasteiger partial charge in [0.25, 0.3) is 0 Å². The fraction of sp³-hybridized carbons (Fsp3) is 0.889. The summed E-state index contributed by atoms with van der Waals surface area (Å²) in [7, 11) is 0. The van der Waals surface area contributed by atoms with Crippen LogP contribution in [0.4, 0.5) is 0 Å². The van der Waals surface area contributed by atoms with E-state index in [1.54, 1.807) is 5.57 Å². The molecule has 2 fully saturated rings. The lowest BCUT2D eigenvalue weighted by molar-refractivity contribution is -0.0544. The highest BCUT2D eigenvalue weighted by molar-refractivity contribution is 5.15. The lowest BCUT2D eigenvalue weighted by Gasteiger charge is -2.58. The van der Waals surface area contributed by atoms with E-state index in [0.717, 1.165) is 11.8 Å². The summed E-state index contributed by atoms with van der Waals surface area (Å²) >= 11 is 0. The van der Waals surface area contributed by atoms with Gasteiger partial charge in [-0.05, 0) is 54.8 Å². The van der Waals surface area contributed by atoms with Crippen molar-refractivity contribution in [1.82, 2.24) is 0 Å². The third-order valence-corrected chi connectivity index (χ3v) is 6.17. The maximum absolute atomic E-state index is 4.43. The highest BCUT2D eigenvalue weighted by atomic mass is 14.6. The van der Waals surface area contributed by atoms with Gasteiger partial charge in [-0.25, -0.2) is 0 Å². The summed E-state index contributed by atoms with van der Waals surface area (Å²) in [5, 5.41) is 0. The molecule has 0 aromatic heterocycles. The molecule has 2 aliphatic carbocycles. The molecule has 104 valence electrons. The zero-order valence-electron chi connectivity index (χ0n) is 13.0. The predicted octanol–water partition coefficient (Wildman–Crippen LogP) is 5.98. The predicted molar refractivity (Wildman–Crippen MR) is 80.6 cm³/mol. The standard InChI is InChI=1S/C18H32/c1-6-7-9-15-14(2)10-11-16-17(3,4)12-8-13-18(15,16)5/h15-16H,2,6-13H2,1,3-5H3/t15-,16?,18-/m1/s1. The summed E-state index contributed by atoms with van der Waals surface area (Å²) in [6.45, 7) is 14.4. The van der Waals surface area contributed by atoms with Crippen LogP contribution in [-0.2, 0) is 0 Å². The van der Waals surface area contributed by atoms with Gasteiger partial charge in [0.05, 0.1) is 0 Å². The Labute approximate surface area is 114 Å². The van der Waals surface area contributed by atoms with Crippen molar-refractivity contribution in [2.24, 2.45) is 22.7 Å². The Balaban J connectivity index is 2.25. The number of allylic oxidation sites excluding steroid dienone is 1. The summed E-state index contributed by atoms with van der Waals surface area (Å²) in [6.07, 6.45) is 11.1. The summed E-state index contributed by atoms with van der Waals surface area (Å²) in [6, 6.07) is 0. The second kappa shape index (κ2) is 5.02. The molecule has 0 heterocycles. The fourth-order valence-electron chi connectivity index (χ4n) is 5.22. The molecule has 2 rings (SSSR count). The molecule has 18 heavy (non-hydrogen) atoms. The molecule has 0 aromatic carbocycles. The molecule has 1 unspecified atom stereocenters. The maximum Gasteiger partial charge on any atom is -0.0149 e. The van der Waals surface area contributed by atoms with Crippen molar-refractivity contribution in [3.8, 4) is 0 Å². The summed E-state index contributed by atoms with van der Waals surface area (Å²) in [4.78, 5) is 0. The molecule has 0 aromatic rings. The van der Waals surface area contributed by atoms with Gasteiger partial charge in [0, 0.05) is 0 Å². The number of hydrogen-bond donors (Lipinski definition) is 0. The third-order valence-electron chi connectivity index (χ3n) is 6.17. The molecule has 0 bridgehead atoms. The first kappa shape index (κ1) is 14.2. The molecule has 0 nitrogen and oxygen atoms in total. The Morgan fingerprint density at radius 1 is 1.22 bits per heavy atom. The molecule has 0 radical (unpaired) electrons. The Hall–Kier alpha value is -0.260. The Bertz CT molecular complexity index is 312. The van der Waals surface area contributed by atoms with E-state index in [2.05, 4.69) is 34.3 Å². The normalized spacial score (nSPS) is 39.4. The summed E-state index contributed by atoms with van der Waals surface area (Å²) < 4.78 is 0. The first-order valence-corrected chi connectivity index (χ1v) is 8.09. The molecule has 0 spiro atoms. The lowest BCUT2D eigenvalue weighted by Crippen LogP contribution is -2.49. The van der Waals surface area contributed by atoms with Crippen molar-refractivity contribution in [2.45, 2.75) is 79.1 Å². The van der Waals surface area contributed by atoms with E-state index >= 15 is 0 Å². The number of hydrogen-bond acceptors (Lipinski definition) is 0. The first-order valence-electron chi connectivity index (χ1n) is 8.09. The fourth-order valence-corrected chi connectivity index (χ4v) is 5.22. The Kier molecular flexibility index (Phi) is 3.95. The van der Waals surface area contributed by atoms with Gasteiger partial charge in [-0.3, -0.25) is 0 Å². The smallest absolute Gasteiger partial charge is 0.0149 e. The largest absolute Gasteiger partial charge is 0.0996 e. The van der Waals surface area contributed by atoms with Crippen LogP contribution in [0.2, 0.25) is 0 Å². The van der Waals surface area contributed by atoms with Crippen LogP contribution in [0.5, 0.6) is 0 Å². The molecule has 0 heteroatoms. The van der Waals surface area contributed by atoms with Crippen molar-refractivity contribution in [2.75, 3.05) is 0 Å². The van der Waals surface area contributed by atoms with Crippen molar-refractivity contribution in [3.05, 3.63) is 12.2 Å². The summed E-state index contributed by atoms with van der Waals surface area (Å²) in [5.74, 6) is 1.72. The van der Waals surface area contributed by atoms with Crippen LogP contribution in [0, 0.1) is 22.7 Å². The second-order valence-corrected chi connectivity index (χ2v) is 7.79. The van der Waals surface area contributed by atoms with E-state index in [9.17, 15) is 0 Å². The molecule has 2 saturated carbocycles. The minimum absolute atomic E-state index is 0.548. The molecule has 2 aliphatic rings. The van der Waals surface area contributed by atoms with E-state index in [1.165, 1.54) is 51.4 Å². The first-order chi connectivity index (χ1) is 8.42. The van der Waals surface area contributed by atoms with Gasteiger partial charge in [-0.2, -0.15) is 0 Å². The van der Waals surface area contributed by atoms with Gasteiger partial charge < -0.3 is 0 Å². The van der Waals surface area contributed by atoms with Gasteiger partial charge in [-0.1, -0.05) is 59.1 Å². The van der Waals surface area contributed by atoms with Gasteiger partial charge in [-0.15, -0.1) is 0 Å². The van der Waals surface area contributed by atoms with Crippen LogP contribution in [0.25, 0.3) is 0 Å². The minimum Gasteiger partial charge on any atom is -0.0996 e. The van der Waals surface area contributed by atoms with E-state index < -0.39 is 0 Å². The Morgan fingerprint density at radius 2 is 1.94 bits per heavy atom. The third kappa shape index (κ3) is 2.28. The van der Waals surface area contributed by atoms with Crippen LogP contribution in [-0.4, -0.2) is 0 Å². The van der Waals surface area contributed by atoms with Crippen molar-refractivity contribution in [3.63, 3.8) is 0 Å². The van der Waals surface area contributed by atoms with Gasteiger partial charge >= 0.3 is 0 Å². The summed E-state index contributed by atoms with van der Waals surface area (Å²) in [5.41, 5.74) is 2.67. The lowest BCUT2D eigenvalue weighted by atomic mass is 9.47. The zero-order valence-corrected chi connectivity index (χ0v) is 13.0. The Morgan fingerprint density at radius 3 is 2.61 bits per heavy atom. The zero-order chi connectivity index (χ0) is 13.4. The van der Waals surface area contributed by atoms with Crippen LogP contribution in [0.3, 0.4) is 0 Å². The molecule has 0 saturated heterocycles. The van der Waals surface area contributed by atoms with Crippen molar-refractivity contribution >= 4 is 0 Å². The number of fused-ring (bicyclic) bond motifs is 1. The molecular weight excluding hydrogens is 216 g/mol. The van der Waals surface area contributed by atoms with Crippen molar-refractivity contribution < 1.29 is 0 Å². The molecule has 0 aliphatic heterocycles. The molecule has 0 N–H and O–H groups in total. The highest BCUT2D eigenvalue weighted by Crippen LogP contribution is 2.61. The second-order valence-electron chi connectivity index (χ2n) is 7.79. The van der Waals surface area contributed by atoms with E-state index in [-0.39, 0.29) is 0 Å². The van der Waals surface area contributed by atoms with Crippen LogP contribution < -0.4 is 0 Å². The van der Waals surface area contributed by atoms with Gasteiger partial charge in [0.1, 0.15) is 0 Å². The highest BCUT2D eigenvalue weighted by Gasteiger charge is 2.52. The average Bonchev–Trinajstić information content (AvgIpc) is 2.27. The van der Waals surface area contributed by atoms with Crippen molar-refractivity contribution in [1.29, 1.82) is 0 Å². The molecule has 3 atom stereocenters. The topological polar surface area (TPSA) is 0 Å². The number of rotatable bonds is 3. The van der Waals surface area contributed by atoms with Gasteiger partial charge in [0.15, 0.2) is 0 Å². The maximum atomic E-state index is 4.43. The van der Waals surface area contributed by atoms with Gasteiger partial charge in [0.2, 0.25) is 0 Å². The monoisotopic (exact) mass is 248 g/mol. The molecular formula is C18H32. The van der Waals surface area contributed by atoms with Crippen LogP contribution >= 0.6 is 0 Å².